The van der Waals surface area contributed by atoms with Crippen molar-refractivity contribution in [2.45, 2.75) is 97.4 Å². The summed E-state index contributed by atoms with van der Waals surface area (Å²) in [7, 11) is 0. The fourth-order valence-electron chi connectivity index (χ4n) is 5.52. The molecular weight excluding hydrogens is 362 g/mol. The minimum Gasteiger partial charge on any atom is -0.338 e. The molecule has 3 rings (SSSR count). The van der Waals surface area contributed by atoms with E-state index in [9.17, 15) is 0 Å². The third-order valence-electron chi connectivity index (χ3n) is 8.01. The lowest BCUT2D eigenvalue weighted by Crippen LogP contribution is -2.36. The largest absolute Gasteiger partial charge is 0.338 e. The second kappa shape index (κ2) is 10.5. The van der Waals surface area contributed by atoms with Crippen LogP contribution in [0.5, 0.6) is 0 Å². The van der Waals surface area contributed by atoms with Gasteiger partial charge in [-0.15, -0.1) is 0 Å². The summed E-state index contributed by atoms with van der Waals surface area (Å²) in [6, 6.07) is 21.2. The Morgan fingerprint density at radius 3 is 2.00 bits per heavy atom. The van der Waals surface area contributed by atoms with E-state index >= 15 is 0 Å². The number of para-hydroxylation sites is 1. The zero-order chi connectivity index (χ0) is 21.6. The second-order valence-corrected chi connectivity index (χ2v) is 9.87. The van der Waals surface area contributed by atoms with Gasteiger partial charge in [0.15, 0.2) is 0 Å². The third kappa shape index (κ3) is 5.10. The highest BCUT2D eigenvalue weighted by molar-refractivity contribution is 5.64. The highest BCUT2D eigenvalue weighted by Gasteiger charge is 2.30. The van der Waals surface area contributed by atoms with Crippen molar-refractivity contribution < 1.29 is 0 Å². The van der Waals surface area contributed by atoms with Crippen molar-refractivity contribution in [3.63, 3.8) is 0 Å². The molecule has 1 fully saturated rings. The van der Waals surface area contributed by atoms with Crippen molar-refractivity contribution in [2.24, 2.45) is 11.8 Å². The van der Waals surface area contributed by atoms with E-state index < -0.39 is 0 Å². The quantitative estimate of drug-likeness (QED) is 0.402. The van der Waals surface area contributed by atoms with E-state index in [1.807, 2.05) is 0 Å². The van der Waals surface area contributed by atoms with Gasteiger partial charge in [-0.3, -0.25) is 0 Å². The Bertz CT molecular complexity index is 742. The van der Waals surface area contributed by atoms with Gasteiger partial charge in [0.2, 0.25) is 0 Å². The molecule has 0 saturated heterocycles. The van der Waals surface area contributed by atoms with Crippen molar-refractivity contribution in [1.29, 1.82) is 0 Å². The Hall–Kier alpha value is -1.76. The van der Waals surface area contributed by atoms with Gasteiger partial charge in [-0.2, -0.15) is 0 Å². The number of rotatable bonds is 9. The first kappa shape index (κ1) is 22.9. The number of nitrogens with zero attached hydrogens (tertiary/aromatic N) is 1. The molecule has 164 valence electrons. The van der Waals surface area contributed by atoms with Gasteiger partial charge in [0.1, 0.15) is 0 Å². The van der Waals surface area contributed by atoms with Crippen molar-refractivity contribution in [3.8, 4) is 0 Å². The average molecular weight is 406 g/mol. The molecule has 0 aliphatic heterocycles. The molecule has 0 bridgehead atoms. The number of anilines is 2. The molecule has 2 unspecified atom stereocenters. The summed E-state index contributed by atoms with van der Waals surface area (Å²) >= 11 is 0. The minimum absolute atomic E-state index is 0.291. The Labute approximate surface area is 185 Å². The first-order valence-electron chi connectivity index (χ1n) is 12.5. The Balaban J connectivity index is 1.85. The van der Waals surface area contributed by atoms with Crippen LogP contribution in [0.15, 0.2) is 54.6 Å². The lowest BCUT2D eigenvalue weighted by molar-refractivity contribution is 0.241. The van der Waals surface area contributed by atoms with E-state index in [4.69, 9.17) is 0 Å². The van der Waals surface area contributed by atoms with E-state index in [1.54, 1.807) is 0 Å². The normalized spacial score (nSPS) is 22.3. The average Bonchev–Trinajstić information content (AvgIpc) is 2.80. The van der Waals surface area contributed by atoms with E-state index in [0.717, 1.165) is 11.8 Å². The molecule has 0 amide bonds. The molecule has 0 N–H and O–H groups in total. The molecular formula is C29H43N. The zero-order valence-electron chi connectivity index (χ0n) is 20.0. The molecule has 1 nitrogen and oxygen atoms in total. The van der Waals surface area contributed by atoms with E-state index in [0.29, 0.717) is 11.5 Å². The summed E-state index contributed by atoms with van der Waals surface area (Å²) in [4.78, 5) is 2.62. The van der Waals surface area contributed by atoms with Gasteiger partial charge in [0.25, 0.3) is 0 Å². The van der Waals surface area contributed by atoms with Crippen molar-refractivity contribution in [3.05, 3.63) is 60.2 Å². The predicted molar refractivity (Wildman–Crippen MR) is 133 cm³/mol. The van der Waals surface area contributed by atoms with Crippen molar-refractivity contribution >= 4 is 11.4 Å². The van der Waals surface area contributed by atoms with Crippen LogP contribution in [-0.2, 0) is 5.41 Å². The number of hydrogen-bond acceptors (Lipinski definition) is 1. The fraction of sp³-hybridized carbons (Fsp3) is 0.586. The summed E-state index contributed by atoms with van der Waals surface area (Å²) in [5.41, 5.74) is 4.47. The molecule has 30 heavy (non-hydrogen) atoms. The first-order chi connectivity index (χ1) is 14.5. The monoisotopic (exact) mass is 405 g/mol. The molecule has 0 heterocycles. The van der Waals surface area contributed by atoms with E-state index in [1.165, 1.54) is 68.3 Å². The van der Waals surface area contributed by atoms with Crippen LogP contribution in [-0.4, -0.2) is 6.04 Å². The molecule has 2 atom stereocenters. The summed E-state index contributed by atoms with van der Waals surface area (Å²) in [6.45, 7) is 11.8. The molecule has 1 saturated carbocycles. The summed E-state index contributed by atoms with van der Waals surface area (Å²) in [6.07, 6.45) is 10.3. The van der Waals surface area contributed by atoms with Crippen LogP contribution in [0.4, 0.5) is 11.4 Å². The molecule has 1 aliphatic carbocycles. The third-order valence-corrected chi connectivity index (χ3v) is 8.01. The Kier molecular flexibility index (Phi) is 8.03. The van der Waals surface area contributed by atoms with Crippen LogP contribution in [0.25, 0.3) is 0 Å². The predicted octanol–water partition coefficient (Wildman–Crippen LogP) is 8.90. The van der Waals surface area contributed by atoms with Crippen LogP contribution >= 0.6 is 0 Å². The molecule has 0 aromatic heterocycles. The lowest BCUT2D eigenvalue weighted by atomic mass is 9.76. The maximum atomic E-state index is 2.62. The lowest BCUT2D eigenvalue weighted by Gasteiger charge is -2.40. The van der Waals surface area contributed by atoms with Gasteiger partial charge in [-0.25, -0.2) is 0 Å². The van der Waals surface area contributed by atoms with Crippen LogP contribution in [0.2, 0.25) is 0 Å². The minimum atomic E-state index is 0.291. The number of hydrogen-bond donors (Lipinski definition) is 0. The summed E-state index contributed by atoms with van der Waals surface area (Å²) in [5, 5.41) is 0. The molecule has 1 aliphatic rings. The van der Waals surface area contributed by atoms with Crippen LogP contribution in [0.3, 0.4) is 0 Å². The van der Waals surface area contributed by atoms with E-state index in [-0.39, 0.29) is 0 Å². The van der Waals surface area contributed by atoms with Crippen LogP contribution < -0.4 is 4.90 Å². The van der Waals surface area contributed by atoms with Crippen LogP contribution in [0.1, 0.15) is 91.5 Å². The van der Waals surface area contributed by atoms with Gasteiger partial charge in [-0.05, 0) is 85.6 Å². The van der Waals surface area contributed by atoms with Gasteiger partial charge >= 0.3 is 0 Å². The fourth-order valence-corrected chi connectivity index (χ4v) is 5.52. The van der Waals surface area contributed by atoms with E-state index in [2.05, 4.69) is 94.1 Å². The zero-order valence-corrected chi connectivity index (χ0v) is 20.0. The van der Waals surface area contributed by atoms with Gasteiger partial charge in [0, 0.05) is 17.4 Å². The highest BCUT2D eigenvalue weighted by atomic mass is 15.2. The molecule has 0 spiro atoms. The first-order valence-corrected chi connectivity index (χ1v) is 12.5. The second-order valence-electron chi connectivity index (χ2n) is 9.87. The molecule has 2 aromatic carbocycles. The van der Waals surface area contributed by atoms with Crippen molar-refractivity contribution in [2.75, 3.05) is 4.90 Å². The summed E-state index contributed by atoms with van der Waals surface area (Å²) < 4.78 is 0. The molecule has 2 aromatic rings. The van der Waals surface area contributed by atoms with Gasteiger partial charge < -0.3 is 4.90 Å². The van der Waals surface area contributed by atoms with Crippen molar-refractivity contribution in [1.82, 2.24) is 0 Å². The molecule has 1 heteroatoms. The Morgan fingerprint density at radius 2 is 1.47 bits per heavy atom. The van der Waals surface area contributed by atoms with Crippen LogP contribution in [0, 0.1) is 11.8 Å². The van der Waals surface area contributed by atoms with Gasteiger partial charge in [0.05, 0.1) is 0 Å². The maximum Gasteiger partial charge on any atom is 0.0413 e. The maximum absolute atomic E-state index is 2.62. The molecule has 0 radical (unpaired) electrons. The number of benzene rings is 2. The van der Waals surface area contributed by atoms with Gasteiger partial charge in [-0.1, -0.05) is 77.8 Å². The Morgan fingerprint density at radius 1 is 0.867 bits per heavy atom. The summed E-state index contributed by atoms with van der Waals surface area (Å²) in [5.74, 6) is 1.77. The highest BCUT2D eigenvalue weighted by Crippen LogP contribution is 2.40. The standard InChI is InChI=1S/C29H43N/c1-6-22-29(5,8-3)25-16-20-28(21-17-25)30(26-12-10-9-11-13-26)27-18-14-24(15-19-27)23(4)7-2/h9-13,16-17,20-21,23-24,27H,6-8,14-15,18-19,22H2,1-5H3. The SMILES string of the molecule is CCCC(C)(CC)c1ccc(N(c2ccccc2)C2CCC(C(C)CC)CC2)cc1. The topological polar surface area (TPSA) is 3.24 Å². The smallest absolute Gasteiger partial charge is 0.0413 e.